The number of fused-ring (bicyclic) bond motifs is 2. The molecule has 2 aromatic rings. The number of ether oxygens (including phenoxy) is 1. The van der Waals surface area contributed by atoms with Crippen LogP contribution in [0.25, 0.3) is 0 Å². The molecule has 12 rings (SSSR count). The summed E-state index contributed by atoms with van der Waals surface area (Å²) in [5.74, 6) is 0.479. The van der Waals surface area contributed by atoms with Crippen LogP contribution in [0.4, 0.5) is 11.4 Å². The molecule has 0 aromatic heterocycles. The number of allylic oxidation sites excluding steroid dienone is 1. The van der Waals surface area contributed by atoms with E-state index in [2.05, 4.69) is 77.1 Å². The molecule has 7 heteroatoms. The van der Waals surface area contributed by atoms with Crippen LogP contribution in [0, 0.1) is 22.5 Å². The van der Waals surface area contributed by atoms with Crippen molar-refractivity contribution in [3.8, 4) is 0 Å². The number of benzene rings is 2. The maximum Gasteiger partial charge on any atom is 0.329 e. The van der Waals surface area contributed by atoms with Gasteiger partial charge in [0.15, 0.2) is 0 Å². The average Bonchev–Trinajstić information content (AvgIpc) is 3.86. The SMILES string of the molecule is C/C=C1/CCN2CC[C@@]34CN5c6c(cccc6[C@@]67CC[N@@+]8([O-])CCC[C@@]9(CC[C@@]56[C@H]9C)[C@@H]78)[C@@]35[C@@H]2[C@@H]1[C@@H](C(=O)OC)N5c1ccccc14. The van der Waals surface area contributed by atoms with E-state index >= 15 is 5.21 Å². The van der Waals surface area contributed by atoms with Gasteiger partial charge in [0.1, 0.15) is 12.1 Å². The van der Waals surface area contributed by atoms with Gasteiger partial charge in [-0.25, -0.2) is 4.79 Å². The number of anilines is 2. The zero-order chi connectivity index (χ0) is 31.5. The highest BCUT2D eigenvalue weighted by Crippen LogP contribution is 2.84. The fourth-order valence-corrected chi connectivity index (χ4v) is 16.5. The van der Waals surface area contributed by atoms with Crippen LogP contribution in [0.1, 0.15) is 75.5 Å². The first kappa shape index (κ1) is 27.0. The van der Waals surface area contributed by atoms with Gasteiger partial charge >= 0.3 is 5.97 Å². The van der Waals surface area contributed by atoms with Crippen molar-refractivity contribution < 1.29 is 14.2 Å². The molecule has 8 heterocycles. The quantitative estimate of drug-likeness (QED) is 0.183. The van der Waals surface area contributed by atoms with Gasteiger partial charge in [-0.2, -0.15) is 0 Å². The first-order valence-electron chi connectivity index (χ1n) is 18.7. The smallest absolute Gasteiger partial charge is 0.329 e. The van der Waals surface area contributed by atoms with Gasteiger partial charge in [0, 0.05) is 59.2 Å². The number of quaternary nitrogens is 1. The Labute approximate surface area is 277 Å². The summed E-state index contributed by atoms with van der Waals surface area (Å²) >= 11 is 0. The molecule has 244 valence electrons. The van der Waals surface area contributed by atoms with Crippen LogP contribution >= 0.6 is 0 Å². The van der Waals surface area contributed by atoms with Crippen LogP contribution in [-0.4, -0.2) is 79.0 Å². The molecule has 4 spiro atoms. The van der Waals surface area contributed by atoms with E-state index in [0.29, 0.717) is 5.92 Å². The largest absolute Gasteiger partial charge is 0.633 e. The van der Waals surface area contributed by atoms with Gasteiger partial charge in [-0.1, -0.05) is 55.0 Å². The molecular formula is C40H46N4O3. The Hall–Kier alpha value is -2.87. The Morgan fingerprint density at radius 2 is 1.83 bits per heavy atom. The van der Waals surface area contributed by atoms with Crippen LogP contribution < -0.4 is 9.80 Å². The second-order valence-corrected chi connectivity index (χ2v) is 17.4. The van der Waals surface area contributed by atoms with Crippen molar-refractivity contribution in [2.75, 3.05) is 49.6 Å². The number of hydroxylamine groups is 3. The first-order valence-corrected chi connectivity index (χ1v) is 18.7. The molecule has 11 atom stereocenters. The Morgan fingerprint density at radius 1 is 1.00 bits per heavy atom. The number of methoxy groups -OCH3 is 1. The van der Waals surface area contributed by atoms with Crippen molar-refractivity contribution in [2.45, 2.75) is 98.8 Å². The van der Waals surface area contributed by atoms with E-state index < -0.39 is 0 Å². The van der Waals surface area contributed by atoms with Gasteiger partial charge in [0.05, 0.1) is 36.7 Å². The lowest BCUT2D eigenvalue weighted by Crippen LogP contribution is -2.74. The number of carbonyl (C=O) groups excluding carboxylic acids is 1. The standard InChI is InChI=1S/C40H46N4O3/c1-4-25-13-19-41-20-17-37-23-42-31-27(38-18-22-44(46)21-8-14-36(35(38)44)15-16-39(38,42)24(36)2)10-7-11-28(31)40(37)33(41)30(25)32(34(45)47-3)43(40)29-12-6-5-9-26(29)37/h4-7,9-12,24,30,32-33,35H,8,13-23H2,1-3H3/b25-4-/t24-,30-,32-,33-,35-,36-,37-,38+,39-,40+,44-/m0/s1. The second-order valence-electron chi connectivity index (χ2n) is 17.4. The second kappa shape index (κ2) is 7.79. The predicted molar refractivity (Wildman–Crippen MR) is 180 cm³/mol. The van der Waals surface area contributed by atoms with Gasteiger partial charge < -0.3 is 24.4 Å². The predicted octanol–water partition coefficient (Wildman–Crippen LogP) is 5.36. The topological polar surface area (TPSA) is 59.1 Å². The highest BCUT2D eigenvalue weighted by atomic mass is 16.6. The van der Waals surface area contributed by atoms with Crippen LogP contribution in [0.3, 0.4) is 0 Å². The van der Waals surface area contributed by atoms with Crippen LogP contribution in [0.2, 0.25) is 0 Å². The maximum absolute atomic E-state index is 15.0. The van der Waals surface area contributed by atoms with E-state index in [1.807, 2.05) is 0 Å². The van der Waals surface area contributed by atoms with E-state index in [1.165, 1.54) is 52.9 Å². The number of piperidine rings is 3. The van der Waals surface area contributed by atoms with E-state index in [0.717, 1.165) is 58.4 Å². The lowest BCUT2D eigenvalue weighted by Gasteiger charge is -2.64. The highest BCUT2D eigenvalue weighted by molar-refractivity contribution is 5.91. The number of hydrogen-bond donors (Lipinski definition) is 0. The first-order chi connectivity index (χ1) is 22.8. The number of nitrogens with zero attached hydrogens (tertiary/aromatic N) is 4. The average molecular weight is 631 g/mol. The number of hydrogen-bond acceptors (Lipinski definition) is 6. The number of rotatable bonds is 1. The summed E-state index contributed by atoms with van der Waals surface area (Å²) in [5, 5.41) is 15.0. The summed E-state index contributed by atoms with van der Waals surface area (Å²) < 4.78 is 5.80. The van der Waals surface area contributed by atoms with Crippen LogP contribution in [-0.2, 0) is 25.9 Å². The molecule has 7 nitrogen and oxygen atoms in total. The van der Waals surface area contributed by atoms with E-state index in [9.17, 15) is 4.79 Å². The molecule has 2 bridgehead atoms. The maximum atomic E-state index is 15.0. The summed E-state index contributed by atoms with van der Waals surface area (Å²) in [5.41, 5.74) is 8.00. The molecule has 0 N–H and O–H groups in total. The summed E-state index contributed by atoms with van der Waals surface area (Å²) in [4.78, 5) is 22.7. The van der Waals surface area contributed by atoms with Gasteiger partial charge in [0.25, 0.3) is 0 Å². The van der Waals surface area contributed by atoms with E-state index in [-0.39, 0.29) is 62.0 Å². The Morgan fingerprint density at radius 3 is 2.68 bits per heavy atom. The van der Waals surface area contributed by atoms with Crippen molar-refractivity contribution >= 4 is 17.3 Å². The Balaban J connectivity index is 1.21. The minimum atomic E-state index is -0.381. The Kier molecular flexibility index (Phi) is 4.48. The van der Waals surface area contributed by atoms with Crippen molar-refractivity contribution in [3.63, 3.8) is 0 Å². The lowest BCUT2D eigenvalue weighted by molar-refractivity contribution is -0.908. The number of para-hydroxylation sites is 2. The van der Waals surface area contributed by atoms with Crippen molar-refractivity contribution in [2.24, 2.45) is 17.3 Å². The fraction of sp³-hybridized carbons (Fsp3) is 0.625. The summed E-state index contributed by atoms with van der Waals surface area (Å²) in [6.45, 7) is 9.41. The van der Waals surface area contributed by atoms with Crippen LogP contribution in [0.5, 0.6) is 0 Å². The molecule has 0 amide bonds. The number of esters is 1. The molecule has 7 fully saturated rings. The molecule has 0 unspecified atom stereocenters. The van der Waals surface area contributed by atoms with Crippen molar-refractivity contribution in [1.82, 2.24) is 4.90 Å². The highest BCUT2D eigenvalue weighted by Gasteiger charge is 2.90. The summed E-state index contributed by atoms with van der Waals surface area (Å²) in [6.07, 6.45) is 10.2. The van der Waals surface area contributed by atoms with E-state index in [4.69, 9.17) is 4.74 Å². The third kappa shape index (κ3) is 2.25. The molecule has 0 radical (unpaired) electrons. The fourth-order valence-electron chi connectivity index (χ4n) is 16.5. The molecule has 47 heavy (non-hydrogen) atoms. The minimum Gasteiger partial charge on any atom is -0.633 e. The number of carbonyl (C=O) groups is 1. The van der Waals surface area contributed by atoms with Gasteiger partial charge in [-0.3, -0.25) is 4.90 Å². The van der Waals surface area contributed by atoms with E-state index in [1.54, 1.807) is 7.11 Å². The molecule has 2 aliphatic carbocycles. The normalized spacial score (nSPS) is 50.6. The minimum absolute atomic E-state index is 0.0124. The molecule has 2 aromatic carbocycles. The van der Waals surface area contributed by atoms with Gasteiger partial charge in [-0.15, -0.1) is 0 Å². The van der Waals surface area contributed by atoms with Crippen molar-refractivity contribution in [1.29, 1.82) is 0 Å². The zero-order valence-electron chi connectivity index (χ0n) is 28.0. The summed E-state index contributed by atoms with van der Waals surface area (Å²) in [6, 6.07) is 16.4. The van der Waals surface area contributed by atoms with Gasteiger partial charge in [0.2, 0.25) is 0 Å². The zero-order valence-corrected chi connectivity index (χ0v) is 28.0. The molecular weight excluding hydrogens is 584 g/mol. The van der Waals surface area contributed by atoms with Gasteiger partial charge in [-0.05, 0) is 75.1 Å². The molecule has 10 aliphatic rings. The third-order valence-electron chi connectivity index (χ3n) is 17.3. The monoisotopic (exact) mass is 630 g/mol. The molecule has 5 saturated heterocycles. The molecule has 8 aliphatic heterocycles. The van der Waals surface area contributed by atoms with Crippen LogP contribution in [0.15, 0.2) is 54.1 Å². The van der Waals surface area contributed by atoms with Crippen molar-refractivity contribution in [3.05, 3.63) is 76.0 Å². The summed E-state index contributed by atoms with van der Waals surface area (Å²) in [7, 11) is 1.58. The molecule has 2 saturated carbocycles. The lowest BCUT2D eigenvalue weighted by atomic mass is 9.53. The third-order valence-corrected chi connectivity index (χ3v) is 17.3. The Bertz CT molecular complexity index is 1880.